The summed E-state index contributed by atoms with van der Waals surface area (Å²) in [6, 6.07) is 3.80. The normalized spacial score (nSPS) is 11.1. The highest BCUT2D eigenvalue weighted by atomic mass is 35.5. The van der Waals surface area contributed by atoms with Crippen LogP contribution in [0.5, 0.6) is 5.75 Å². The van der Waals surface area contributed by atoms with Crippen LogP contribution in [0.25, 0.3) is 0 Å². The first-order valence-corrected chi connectivity index (χ1v) is 7.30. The van der Waals surface area contributed by atoms with Crippen LogP contribution in [-0.4, -0.2) is 26.2 Å². The van der Waals surface area contributed by atoms with Gasteiger partial charge in [0.2, 0.25) is 0 Å². The van der Waals surface area contributed by atoms with Gasteiger partial charge in [-0.25, -0.2) is 0 Å². The van der Waals surface area contributed by atoms with Crippen LogP contribution in [0.4, 0.5) is 0 Å². The Morgan fingerprint density at radius 2 is 1.79 bits per heavy atom. The van der Waals surface area contributed by atoms with Gasteiger partial charge >= 0.3 is 0 Å². The fourth-order valence-electron chi connectivity index (χ4n) is 1.69. The molecule has 0 radical (unpaired) electrons. The fourth-order valence-corrected chi connectivity index (χ4v) is 2.31. The highest BCUT2D eigenvalue weighted by Gasteiger charge is 2.11. The molecule has 0 amide bonds. The summed E-state index contributed by atoms with van der Waals surface area (Å²) in [4.78, 5) is 0. The third-order valence-corrected chi connectivity index (χ3v) is 3.08. The van der Waals surface area contributed by atoms with Crippen molar-refractivity contribution in [1.29, 1.82) is 0 Å². The van der Waals surface area contributed by atoms with E-state index >= 15 is 0 Å². The molecule has 108 valence electrons. The van der Waals surface area contributed by atoms with E-state index in [1.807, 2.05) is 33.0 Å². The molecule has 1 rings (SSSR count). The Kier molecular flexibility index (Phi) is 7.54. The van der Waals surface area contributed by atoms with Crippen molar-refractivity contribution < 1.29 is 4.74 Å². The monoisotopic (exact) mass is 304 g/mol. The van der Waals surface area contributed by atoms with Crippen LogP contribution in [0.1, 0.15) is 25.8 Å². The molecule has 0 unspecified atom stereocenters. The molecule has 2 N–H and O–H groups in total. The summed E-state index contributed by atoms with van der Waals surface area (Å²) in [6.45, 7) is 6.62. The van der Waals surface area contributed by atoms with Crippen molar-refractivity contribution in [3.05, 3.63) is 27.7 Å². The Morgan fingerprint density at radius 3 is 2.32 bits per heavy atom. The molecule has 0 spiro atoms. The molecule has 3 nitrogen and oxygen atoms in total. The minimum Gasteiger partial charge on any atom is -0.488 e. The predicted molar refractivity (Wildman–Crippen MR) is 82.5 cm³/mol. The summed E-state index contributed by atoms with van der Waals surface area (Å²) in [5, 5.41) is 7.59. The summed E-state index contributed by atoms with van der Waals surface area (Å²) in [5.74, 6) is 0.567. The summed E-state index contributed by atoms with van der Waals surface area (Å²) in [5.41, 5.74) is 1.07. The number of nitrogens with one attached hydrogen (secondary N) is 2. The first-order chi connectivity index (χ1) is 9.04. The van der Waals surface area contributed by atoms with Gasteiger partial charge in [-0.15, -0.1) is 0 Å². The molecule has 0 saturated heterocycles. The summed E-state index contributed by atoms with van der Waals surface area (Å²) >= 11 is 12.4. The maximum atomic E-state index is 6.19. The lowest BCUT2D eigenvalue weighted by Crippen LogP contribution is -2.19. The Balaban J connectivity index is 2.57. The average molecular weight is 305 g/mol. The molecule has 0 bridgehead atoms. The molecule has 0 aliphatic rings. The highest BCUT2D eigenvalue weighted by molar-refractivity contribution is 6.37. The van der Waals surface area contributed by atoms with Crippen molar-refractivity contribution in [2.24, 2.45) is 0 Å². The van der Waals surface area contributed by atoms with E-state index in [2.05, 4.69) is 10.6 Å². The van der Waals surface area contributed by atoms with E-state index < -0.39 is 0 Å². The second-order valence-electron chi connectivity index (χ2n) is 4.69. The van der Waals surface area contributed by atoms with Gasteiger partial charge in [-0.2, -0.15) is 0 Å². The SMILES string of the molecule is CNCCCNCc1cc(Cl)c(OC(C)C)c(Cl)c1. The van der Waals surface area contributed by atoms with Crippen molar-refractivity contribution in [2.45, 2.75) is 32.9 Å². The average Bonchev–Trinajstić information content (AvgIpc) is 2.33. The van der Waals surface area contributed by atoms with Crippen LogP contribution in [-0.2, 0) is 6.54 Å². The van der Waals surface area contributed by atoms with Gasteiger partial charge in [0.1, 0.15) is 0 Å². The van der Waals surface area contributed by atoms with Crippen molar-refractivity contribution >= 4 is 23.2 Å². The fraction of sp³-hybridized carbons (Fsp3) is 0.571. The molecule has 0 aliphatic heterocycles. The van der Waals surface area contributed by atoms with Crippen molar-refractivity contribution in [1.82, 2.24) is 10.6 Å². The molecule has 1 aromatic rings. The lowest BCUT2D eigenvalue weighted by molar-refractivity contribution is 0.242. The predicted octanol–water partition coefficient (Wildman–Crippen LogP) is 3.48. The molecule has 5 heteroatoms. The maximum absolute atomic E-state index is 6.19. The zero-order chi connectivity index (χ0) is 14.3. The van der Waals surface area contributed by atoms with E-state index in [0.29, 0.717) is 15.8 Å². The van der Waals surface area contributed by atoms with Gasteiger partial charge < -0.3 is 15.4 Å². The standard InChI is InChI=1S/C14H22Cl2N2O/c1-10(2)19-14-12(15)7-11(8-13(14)16)9-18-6-4-5-17-3/h7-8,10,17-18H,4-6,9H2,1-3H3. The van der Waals surface area contributed by atoms with Crippen LogP contribution in [0, 0.1) is 0 Å². The minimum atomic E-state index is 0.0560. The topological polar surface area (TPSA) is 33.3 Å². The zero-order valence-electron chi connectivity index (χ0n) is 11.7. The van der Waals surface area contributed by atoms with Gasteiger partial charge in [-0.1, -0.05) is 23.2 Å². The second kappa shape index (κ2) is 8.64. The molecule has 0 aliphatic carbocycles. The molecule has 19 heavy (non-hydrogen) atoms. The molecule has 0 atom stereocenters. The summed E-state index contributed by atoms with van der Waals surface area (Å²) in [7, 11) is 1.95. The van der Waals surface area contributed by atoms with E-state index in [4.69, 9.17) is 27.9 Å². The van der Waals surface area contributed by atoms with E-state index in [9.17, 15) is 0 Å². The number of benzene rings is 1. The van der Waals surface area contributed by atoms with Crippen LogP contribution in [0.2, 0.25) is 10.0 Å². The van der Waals surface area contributed by atoms with Crippen molar-refractivity contribution in [3.63, 3.8) is 0 Å². The van der Waals surface area contributed by atoms with Crippen LogP contribution < -0.4 is 15.4 Å². The number of hydrogen-bond acceptors (Lipinski definition) is 3. The Hall–Kier alpha value is -0.480. The minimum absolute atomic E-state index is 0.0560. The Labute approximate surface area is 125 Å². The first-order valence-electron chi connectivity index (χ1n) is 6.54. The molecule has 0 saturated carbocycles. The van der Waals surface area contributed by atoms with Crippen LogP contribution >= 0.6 is 23.2 Å². The molecular weight excluding hydrogens is 283 g/mol. The van der Waals surface area contributed by atoms with E-state index in [0.717, 1.165) is 31.6 Å². The number of rotatable bonds is 8. The largest absolute Gasteiger partial charge is 0.488 e. The molecule has 0 fully saturated rings. The van der Waals surface area contributed by atoms with Crippen LogP contribution in [0.3, 0.4) is 0 Å². The quantitative estimate of drug-likeness (QED) is 0.721. The number of hydrogen-bond donors (Lipinski definition) is 2. The van der Waals surface area contributed by atoms with E-state index in [1.54, 1.807) is 0 Å². The van der Waals surface area contributed by atoms with Crippen molar-refractivity contribution in [2.75, 3.05) is 20.1 Å². The van der Waals surface area contributed by atoms with E-state index in [-0.39, 0.29) is 6.10 Å². The van der Waals surface area contributed by atoms with Gasteiger partial charge in [0.25, 0.3) is 0 Å². The third kappa shape index (κ3) is 6.00. The van der Waals surface area contributed by atoms with Gasteiger partial charge in [0.15, 0.2) is 5.75 Å². The van der Waals surface area contributed by atoms with Crippen LogP contribution in [0.15, 0.2) is 12.1 Å². The molecule has 0 aromatic heterocycles. The highest BCUT2D eigenvalue weighted by Crippen LogP contribution is 2.34. The smallest absolute Gasteiger partial charge is 0.156 e. The first kappa shape index (κ1) is 16.6. The van der Waals surface area contributed by atoms with Crippen molar-refractivity contribution in [3.8, 4) is 5.75 Å². The number of ether oxygens (including phenoxy) is 1. The van der Waals surface area contributed by atoms with Gasteiger partial charge in [-0.3, -0.25) is 0 Å². The Bertz CT molecular complexity index is 374. The Morgan fingerprint density at radius 1 is 1.16 bits per heavy atom. The molecule has 0 heterocycles. The number of halogens is 2. The van der Waals surface area contributed by atoms with Gasteiger partial charge in [-0.05, 0) is 58.1 Å². The zero-order valence-corrected chi connectivity index (χ0v) is 13.2. The maximum Gasteiger partial charge on any atom is 0.156 e. The lowest BCUT2D eigenvalue weighted by atomic mass is 10.2. The van der Waals surface area contributed by atoms with Gasteiger partial charge in [0, 0.05) is 6.54 Å². The van der Waals surface area contributed by atoms with E-state index in [1.165, 1.54) is 0 Å². The lowest BCUT2D eigenvalue weighted by Gasteiger charge is -2.14. The second-order valence-corrected chi connectivity index (χ2v) is 5.50. The molecular formula is C14H22Cl2N2O. The van der Waals surface area contributed by atoms with Gasteiger partial charge in [0.05, 0.1) is 16.1 Å². The summed E-state index contributed by atoms with van der Waals surface area (Å²) in [6.07, 6.45) is 1.15. The third-order valence-electron chi connectivity index (χ3n) is 2.52. The molecule has 1 aromatic carbocycles. The summed E-state index contributed by atoms with van der Waals surface area (Å²) < 4.78 is 5.60.